The molecule has 0 fully saturated rings. The third kappa shape index (κ3) is 1.44. The van der Waals surface area contributed by atoms with Gasteiger partial charge in [-0.05, 0) is 6.07 Å². The molecule has 0 spiro atoms. The molecule has 0 aliphatic heterocycles. The van der Waals surface area contributed by atoms with E-state index in [1.165, 1.54) is 17.1 Å². The second-order valence-corrected chi connectivity index (χ2v) is 2.38. The summed E-state index contributed by atoms with van der Waals surface area (Å²) in [6.07, 6.45) is 6.98. The van der Waals surface area contributed by atoms with Gasteiger partial charge in [-0.1, -0.05) is 0 Å². The Balaban J connectivity index is 2.38. The van der Waals surface area contributed by atoms with Crippen molar-refractivity contribution in [3.05, 3.63) is 36.4 Å². The Labute approximate surface area is 74.1 Å². The van der Waals surface area contributed by atoms with Gasteiger partial charge in [0, 0.05) is 24.8 Å². The molecule has 0 saturated carbocycles. The molecule has 2 heterocycles. The van der Waals surface area contributed by atoms with Gasteiger partial charge in [0.15, 0.2) is 6.29 Å². The zero-order chi connectivity index (χ0) is 9.10. The van der Waals surface area contributed by atoms with E-state index in [2.05, 4.69) is 15.1 Å². The fraction of sp³-hybridized carbons (Fsp3) is 0. The molecule has 0 aliphatic rings. The normalized spacial score (nSPS) is 9.85. The van der Waals surface area contributed by atoms with Crippen molar-refractivity contribution in [3.8, 4) is 5.95 Å². The topological polar surface area (TPSA) is 60.7 Å². The number of carbonyl (C=O) groups excluding carboxylic acids is 1. The highest BCUT2D eigenvalue weighted by molar-refractivity contribution is 5.73. The number of aldehydes is 1. The van der Waals surface area contributed by atoms with E-state index in [9.17, 15) is 4.79 Å². The first-order chi connectivity index (χ1) is 6.40. The summed E-state index contributed by atoms with van der Waals surface area (Å²) in [4.78, 5) is 18.2. The lowest BCUT2D eigenvalue weighted by molar-refractivity contribution is 0.112. The Morgan fingerprint density at radius 1 is 1.31 bits per heavy atom. The average Bonchev–Trinajstić information content (AvgIpc) is 2.71. The van der Waals surface area contributed by atoms with Crippen LogP contribution in [0.5, 0.6) is 0 Å². The van der Waals surface area contributed by atoms with Crippen LogP contribution < -0.4 is 0 Å². The van der Waals surface area contributed by atoms with Crippen LogP contribution in [0.2, 0.25) is 0 Å². The highest BCUT2D eigenvalue weighted by Crippen LogP contribution is 1.97. The summed E-state index contributed by atoms with van der Waals surface area (Å²) >= 11 is 0. The Bertz CT molecular complexity index is 393. The summed E-state index contributed by atoms with van der Waals surface area (Å²) < 4.78 is 1.52. The van der Waals surface area contributed by atoms with Crippen LogP contribution in [0.4, 0.5) is 0 Å². The van der Waals surface area contributed by atoms with Crippen molar-refractivity contribution in [2.24, 2.45) is 0 Å². The SMILES string of the molecule is O=Cc1cnc(-n2cccn2)nc1. The second-order valence-electron chi connectivity index (χ2n) is 2.38. The Kier molecular flexibility index (Phi) is 1.84. The van der Waals surface area contributed by atoms with Crippen LogP contribution >= 0.6 is 0 Å². The maximum atomic E-state index is 10.3. The molecule has 0 unspecified atom stereocenters. The number of nitrogens with zero attached hydrogens (tertiary/aromatic N) is 4. The van der Waals surface area contributed by atoms with Crippen molar-refractivity contribution in [2.45, 2.75) is 0 Å². The molecule has 5 heteroatoms. The molecule has 2 aromatic rings. The van der Waals surface area contributed by atoms with Crippen LogP contribution in [-0.4, -0.2) is 26.0 Å². The highest BCUT2D eigenvalue weighted by Gasteiger charge is 1.98. The predicted octanol–water partition coefficient (Wildman–Crippen LogP) is 0.475. The van der Waals surface area contributed by atoms with Crippen LogP contribution in [0.3, 0.4) is 0 Å². The summed E-state index contributed by atoms with van der Waals surface area (Å²) in [6.45, 7) is 0. The van der Waals surface area contributed by atoms with Crippen LogP contribution in [-0.2, 0) is 0 Å². The minimum Gasteiger partial charge on any atom is -0.298 e. The molecule has 2 rings (SSSR count). The first-order valence-corrected chi connectivity index (χ1v) is 3.67. The highest BCUT2D eigenvalue weighted by atomic mass is 16.1. The van der Waals surface area contributed by atoms with Gasteiger partial charge in [-0.25, -0.2) is 14.6 Å². The number of hydrogen-bond acceptors (Lipinski definition) is 4. The van der Waals surface area contributed by atoms with Crippen molar-refractivity contribution >= 4 is 6.29 Å². The van der Waals surface area contributed by atoms with Crippen molar-refractivity contribution in [3.63, 3.8) is 0 Å². The molecule has 0 saturated heterocycles. The van der Waals surface area contributed by atoms with Crippen molar-refractivity contribution in [1.82, 2.24) is 19.7 Å². The van der Waals surface area contributed by atoms with E-state index in [4.69, 9.17) is 0 Å². The van der Waals surface area contributed by atoms with Crippen LogP contribution in [0.15, 0.2) is 30.9 Å². The Hall–Kier alpha value is -2.04. The Morgan fingerprint density at radius 2 is 2.08 bits per heavy atom. The van der Waals surface area contributed by atoms with E-state index in [1.807, 2.05) is 0 Å². The number of aromatic nitrogens is 4. The Morgan fingerprint density at radius 3 is 2.62 bits per heavy atom. The van der Waals surface area contributed by atoms with Gasteiger partial charge in [-0.15, -0.1) is 0 Å². The molecule has 0 radical (unpaired) electrons. The lowest BCUT2D eigenvalue weighted by atomic mass is 10.4. The third-order valence-corrected chi connectivity index (χ3v) is 1.50. The fourth-order valence-corrected chi connectivity index (χ4v) is 0.897. The zero-order valence-corrected chi connectivity index (χ0v) is 6.66. The van der Waals surface area contributed by atoms with E-state index >= 15 is 0 Å². The predicted molar refractivity (Wildman–Crippen MR) is 44.5 cm³/mol. The van der Waals surface area contributed by atoms with Crippen LogP contribution in [0, 0.1) is 0 Å². The van der Waals surface area contributed by atoms with Crippen molar-refractivity contribution in [2.75, 3.05) is 0 Å². The molecular formula is C8H6N4O. The molecule has 64 valence electrons. The van der Waals surface area contributed by atoms with Gasteiger partial charge in [-0.2, -0.15) is 5.10 Å². The zero-order valence-electron chi connectivity index (χ0n) is 6.66. The van der Waals surface area contributed by atoms with E-state index < -0.39 is 0 Å². The summed E-state index contributed by atoms with van der Waals surface area (Å²) in [5.74, 6) is 0.454. The molecule has 0 amide bonds. The van der Waals surface area contributed by atoms with Gasteiger partial charge in [0.25, 0.3) is 0 Å². The molecule has 0 aromatic carbocycles. The first-order valence-electron chi connectivity index (χ1n) is 3.67. The minimum absolute atomic E-state index is 0.454. The fourth-order valence-electron chi connectivity index (χ4n) is 0.897. The lowest BCUT2D eigenvalue weighted by Gasteiger charge is -1.97. The van der Waals surface area contributed by atoms with Gasteiger partial charge in [0.2, 0.25) is 5.95 Å². The maximum Gasteiger partial charge on any atom is 0.250 e. The third-order valence-electron chi connectivity index (χ3n) is 1.50. The van der Waals surface area contributed by atoms with Gasteiger partial charge in [0.05, 0.1) is 5.56 Å². The number of hydrogen-bond donors (Lipinski definition) is 0. The smallest absolute Gasteiger partial charge is 0.250 e. The van der Waals surface area contributed by atoms with E-state index in [1.54, 1.807) is 18.5 Å². The monoisotopic (exact) mass is 174 g/mol. The van der Waals surface area contributed by atoms with Gasteiger partial charge in [0.1, 0.15) is 0 Å². The van der Waals surface area contributed by atoms with Gasteiger partial charge in [-0.3, -0.25) is 4.79 Å². The van der Waals surface area contributed by atoms with Crippen molar-refractivity contribution in [1.29, 1.82) is 0 Å². The molecule has 0 atom stereocenters. The second kappa shape index (κ2) is 3.14. The molecule has 2 aromatic heterocycles. The van der Waals surface area contributed by atoms with Crippen LogP contribution in [0.25, 0.3) is 5.95 Å². The molecule has 0 N–H and O–H groups in total. The summed E-state index contributed by atoms with van der Waals surface area (Å²) in [5, 5.41) is 3.95. The van der Waals surface area contributed by atoms with E-state index in [0.29, 0.717) is 17.8 Å². The molecule has 5 nitrogen and oxygen atoms in total. The maximum absolute atomic E-state index is 10.3. The molecule has 0 aliphatic carbocycles. The molecular weight excluding hydrogens is 168 g/mol. The van der Waals surface area contributed by atoms with Crippen molar-refractivity contribution < 1.29 is 4.79 Å². The largest absolute Gasteiger partial charge is 0.298 e. The molecule has 0 bridgehead atoms. The number of rotatable bonds is 2. The van der Waals surface area contributed by atoms with Gasteiger partial charge >= 0.3 is 0 Å². The van der Waals surface area contributed by atoms with Gasteiger partial charge < -0.3 is 0 Å². The quantitative estimate of drug-likeness (QED) is 0.621. The summed E-state index contributed by atoms with van der Waals surface area (Å²) in [7, 11) is 0. The number of carbonyl (C=O) groups is 1. The molecule has 13 heavy (non-hydrogen) atoms. The standard InChI is InChI=1S/C8H6N4O/c13-6-7-4-9-8(10-5-7)12-3-1-2-11-12/h1-6H. The summed E-state index contributed by atoms with van der Waals surface area (Å²) in [6, 6.07) is 1.77. The summed E-state index contributed by atoms with van der Waals surface area (Å²) in [5.41, 5.74) is 0.455. The lowest BCUT2D eigenvalue weighted by Crippen LogP contribution is -2.01. The van der Waals surface area contributed by atoms with E-state index in [0.717, 1.165) is 0 Å². The first kappa shape index (κ1) is 7.60. The van der Waals surface area contributed by atoms with E-state index in [-0.39, 0.29) is 0 Å². The van der Waals surface area contributed by atoms with Crippen LogP contribution in [0.1, 0.15) is 10.4 Å². The minimum atomic E-state index is 0.454. The average molecular weight is 174 g/mol.